The lowest BCUT2D eigenvalue weighted by molar-refractivity contribution is 0.0496. The molecule has 2 aromatic carbocycles. The number of ether oxygens (including phenoxy) is 1. The number of halogens is 1. The van der Waals surface area contributed by atoms with E-state index < -0.39 is 6.10 Å². The second-order valence-corrected chi connectivity index (χ2v) is 5.60. The van der Waals surface area contributed by atoms with Gasteiger partial charge in [0.25, 0.3) is 0 Å². The van der Waals surface area contributed by atoms with Crippen LogP contribution in [0.3, 0.4) is 0 Å². The molecule has 0 saturated heterocycles. The second-order valence-electron chi connectivity index (χ2n) is 5.16. The highest BCUT2D eigenvalue weighted by atomic mass is 35.5. The summed E-state index contributed by atoms with van der Waals surface area (Å²) in [5.41, 5.74) is 3.26. The van der Waals surface area contributed by atoms with E-state index in [9.17, 15) is 5.11 Å². The van der Waals surface area contributed by atoms with Gasteiger partial charge in [-0.15, -0.1) is 0 Å². The molecule has 0 unspecified atom stereocenters. The predicted molar refractivity (Wildman–Crippen MR) is 92.9 cm³/mol. The molecule has 0 saturated carbocycles. The summed E-state index contributed by atoms with van der Waals surface area (Å²) in [5, 5.41) is 10.3. The van der Waals surface area contributed by atoms with Crippen LogP contribution in [0.25, 0.3) is 11.6 Å². The minimum absolute atomic E-state index is 0.349. The molecule has 2 rings (SSSR count). The minimum atomic E-state index is -0.410. The lowest BCUT2D eigenvalue weighted by Gasteiger charge is -2.12. The number of aliphatic hydroxyl groups excluding tert-OH is 1. The van der Waals surface area contributed by atoms with Gasteiger partial charge in [-0.1, -0.05) is 61.0 Å². The van der Waals surface area contributed by atoms with Crippen molar-refractivity contribution in [3.63, 3.8) is 0 Å². The van der Waals surface area contributed by atoms with Gasteiger partial charge < -0.3 is 9.84 Å². The van der Waals surface area contributed by atoms with Gasteiger partial charge in [-0.25, -0.2) is 0 Å². The summed E-state index contributed by atoms with van der Waals surface area (Å²) in [5.74, 6) is 0. The second kappa shape index (κ2) is 8.74. The van der Waals surface area contributed by atoms with E-state index in [0.29, 0.717) is 19.6 Å². The molecule has 0 fully saturated rings. The molecular weight excluding hydrogens is 296 g/mol. The van der Waals surface area contributed by atoms with Gasteiger partial charge in [-0.05, 0) is 41.3 Å². The van der Waals surface area contributed by atoms with Gasteiger partial charge in [0.15, 0.2) is 0 Å². The zero-order valence-electron chi connectivity index (χ0n) is 12.7. The molecule has 3 heteroatoms. The van der Waals surface area contributed by atoms with E-state index in [4.69, 9.17) is 16.3 Å². The Morgan fingerprint density at radius 1 is 1.14 bits per heavy atom. The van der Waals surface area contributed by atoms with Crippen LogP contribution in [0, 0.1) is 0 Å². The van der Waals surface area contributed by atoms with Crippen LogP contribution in [-0.2, 0) is 4.74 Å². The first kappa shape index (κ1) is 16.8. The Balaban J connectivity index is 2.16. The van der Waals surface area contributed by atoms with Crippen LogP contribution in [0.4, 0.5) is 0 Å². The molecule has 22 heavy (non-hydrogen) atoms. The summed E-state index contributed by atoms with van der Waals surface area (Å²) >= 11 is 5.93. The maximum Gasteiger partial charge on any atom is 0.0771 e. The number of benzene rings is 2. The van der Waals surface area contributed by atoms with Crippen LogP contribution in [-0.4, -0.2) is 24.4 Å². The largest absolute Gasteiger partial charge is 0.391 e. The Bertz CT molecular complexity index is 591. The van der Waals surface area contributed by atoms with Crippen LogP contribution in [0.5, 0.6) is 0 Å². The molecule has 0 spiro atoms. The summed E-state index contributed by atoms with van der Waals surface area (Å²) in [6, 6.07) is 17.8. The van der Waals surface area contributed by atoms with E-state index in [1.807, 2.05) is 49.4 Å². The Hall–Kier alpha value is -1.61. The minimum Gasteiger partial charge on any atom is -0.391 e. The van der Waals surface area contributed by atoms with Gasteiger partial charge in [0.1, 0.15) is 0 Å². The van der Waals surface area contributed by atoms with Gasteiger partial charge in [0, 0.05) is 5.02 Å². The van der Waals surface area contributed by atoms with Gasteiger partial charge in [-0.2, -0.15) is 0 Å². The van der Waals surface area contributed by atoms with E-state index >= 15 is 0 Å². The summed E-state index contributed by atoms with van der Waals surface area (Å²) in [7, 11) is 0. The third-order valence-corrected chi connectivity index (χ3v) is 3.65. The fourth-order valence-corrected chi connectivity index (χ4v) is 2.17. The summed E-state index contributed by atoms with van der Waals surface area (Å²) in [4.78, 5) is 0. The molecule has 0 amide bonds. The predicted octanol–water partition coefficient (Wildman–Crippen LogP) is 4.67. The molecule has 116 valence electrons. The average molecular weight is 317 g/mol. The zero-order valence-corrected chi connectivity index (χ0v) is 13.5. The van der Waals surface area contributed by atoms with Gasteiger partial charge in [0.2, 0.25) is 0 Å². The van der Waals surface area contributed by atoms with Gasteiger partial charge in [-0.3, -0.25) is 0 Å². The monoisotopic (exact) mass is 316 g/mol. The van der Waals surface area contributed by atoms with E-state index in [0.717, 1.165) is 21.7 Å². The molecule has 0 radical (unpaired) electrons. The van der Waals surface area contributed by atoms with Crippen molar-refractivity contribution < 1.29 is 9.84 Å². The first-order chi connectivity index (χ1) is 10.7. The van der Waals surface area contributed by atoms with Crippen LogP contribution < -0.4 is 0 Å². The van der Waals surface area contributed by atoms with Crippen LogP contribution >= 0.6 is 11.6 Å². The SMILES string of the molecule is CC[C@@H](O)COC/C(=C/c1ccc(Cl)cc1)c1ccccc1. The van der Waals surface area contributed by atoms with Crippen molar-refractivity contribution in [3.05, 3.63) is 70.7 Å². The van der Waals surface area contributed by atoms with Crippen LogP contribution in [0.1, 0.15) is 24.5 Å². The first-order valence-electron chi connectivity index (χ1n) is 7.46. The van der Waals surface area contributed by atoms with Crippen molar-refractivity contribution in [2.45, 2.75) is 19.4 Å². The Kier molecular flexibility index (Phi) is 6.66. The summed E-state index contributed by atoms with van der Waals surface area (Å²) < 4.78 is 5.65. The fraction of sp³-hybridized carbons (Fsp3) is 0.263. The molecule has 0 aliphatic carbocycles. The Morgan fingerprint density at radius 3 is 2.45 bits per heavy atom. The fourth-order valence-electron chi connectivity index (χ4n) is 2.04. The Morgan fingerprint density at radius 2 is 1.82 bits per heavy atom. The Labute approximate surface area is 137 Å². The molecule has 0 heterocycles. The van der Waals surface area contributed by atoms with Crippen molar-refractivity contribution in [2.24, 2.45) is 0 Å². The number of hydrogen-bond donors (Lipinski definition) is 1. The zero-order chi connectivity index (χ0) is 15.8. The van der Waals surface area contributed by atoms with Crippen LogP contribution in [0.15, 0.2) is 54.6 Å². The first-order valence-corrected chi connectivity index (χ1v) is 7.84. The molecule has 1 atom stereocenters. The van der Waals surface area contributed by atoms with Crippen molar-refractivity contribution in [1.29, 1.82) is 0 Å². The third-order valence-electron chi connectivity index (χ3n) is 3.39. The molecular formula is C19H21ClO2. The molecule has 0 aliphatic heterocycles. The third kappa shape index (κ3) is 5.30. The van der Waals surface area contributed by atoms with E-state index in [1.54, 1.807) is 0 Å². The lowest BCUT2D eigenvalue weighted by atomic mass is 10.0. The number of rotatable bonds is 7. The maximum atomic E-state index is 9.60. The summed E-state index contributed by atoms with van der Waals surface area (Å²) in [6.07, 6.45) is 2.37. The van der Waals surface area contributed by atoms with Crippen LogP contribution in [0.2, 0.25) is 5.02 Å². The highest BCUT2D eigenvalue weighted by Gasteiger charge is 2.05. The molecule has 2 nitrogen and oxygen atoms in total. The normalized spacial score (nSPS) is 13.1. The lowest BCUT2D eigenvalue weighted by Crippen LogP contribution is -2.14. The van der Waals surface area contributed by atoms with Crippen molar-refractivity contribution in [2.75, 3.05) is 13.2 Å². The number of aliphatic hydroxyl groups is 1. The smallest absolute Gasteiger partial charge is 0.0771 e. The van der Waals surface area contributed by atoms with Gasteiger partial charge >= 0.3 is 0 Å². The highest BCUT2D eigenvalue weighted by molar-refractivity contribution is 6.30. The summed E-state index contributed by atoms with van der Waals surface area (Å²) in [6.45, 7) is 2.75. The van der Waals surface area contributed by atoms with Gasteiger partial charge in [0.05, 0.1) is 19.3 Å². The molecule has 0 aromatic heterocycles. The molecule has 0 bridgehead atoms. The topological polar surface area (TPSA) is 29.5 Å². The quantitative estimate of drug-likeness (QED) is 0.752. The molecule has 1 N–H and O–H groups in total. The molecule has 0 aliphatic rings. The average Bonchev–Trinajstić information content (AvgIpc) is 2.56. The van der Waals surface area contributed by atoms with E-state index in [2.05, 4.69) is 18.2 Å². The van der Waals surface area contributed by atoms with Crippen molar-refractivity contribution in [3.8, 4) is 0 Å². The van der Waals surface area contributed by atoms with E-state index in [-0.39, 0.29) is 0 Å². The standard InChI is InChI=1S/C19H21ClO2/c1-2-19(21)14-22-13-17(16-6-4-3-5-7-16)12-15-8-10-18(20)11-9-15/h3-12,19,21H,2,13-14H2,1H3/b17-12-/t19-/m1/s1. The van der Waals surface area contributed by atoms with E-state index in [1.165, 1.54) is 0 Å². The highest BCUT2D eigenvalue weighted by Crippen LogP contribution is 2.20. The van der Waals surface area contributed by atoms with Crippen molar-refractivity contribution >= 4 is 23.3 Å². The number of hydrogen-bond acceptors (Lipinski definition) is 2. The molecule has 2 aromatic rings. The maximum absolute atomic E-state index is 9.60. The van der Waals surface area contributed by atoms with Crippen molar-refractivity contribution in [1.82, 2.24) is 0 Å².